The first-order valence-corrected chi connectivity index (χ1v) is 11.8. The molecule has 2 fully saturated rings. The van der Waals surface area contributed by atoms with Crippen molar-refractivity contribution < 1.29 is 4.74 Å². The van der Waals surface area contributed by atoms with E-state index in [1.807, 2.05) is 12.4 Å². The third-order valence-electron chi connectivity index (χ3n) is 7.99. The normalized spacial score (nSPS) is 21.9. The van der Waals surface area contributed by atoms with Crippen molar-refractivity contribution >= 4 is 10.9 Å². The van der Waals surface area contributed by atoms with Crippen LogP contribution in [0.3, 0.4) is 0 Å². The monoisotopic (exact) mass is 436 g/mol. The van der Waals surface area contributed by atoms with Gasteiger partial charge in [0.1, 0.15) is 17.9 Å². The van der Waals surface area contributed by atoms with Crippen LogP contribution in [0.5, 0.6) is 5.75 Å². The van der Waals surface area contributed by atoms with Crippen molar-refractivity contribution in [2.45, 2.75) is 45.2 Å². The quantitative estimate of drug-likeness (QED) is 0.614. The van der Waals surface area contributed by atoms with E-state index in [1.54, 1.807) is 7.11 Å². The molecule has 1 spiro atoms. The molecule has 5 rings (SSSR count). The Labute approximate surface area is 191 Å². The Bertz CT molecular complexity index is 1090. The fraction of sp³-hybridized carbons (Fsp3) is 0.600. The molecule has 0 saturated carbocycles. The van der Waals surface area contributed by atoms with Gasteiger partial charge in [-0.3, -0.25) is 9.80 Å². The maximum absolute atomic E-state index is 5.49. The van der Waals surface area contributed by atoms with Crippen LogP contribution in [0.15, 0.2) is 30.7 Å². The second-order valence-electron chi connectivity index (χ2n) is 10.2. The van der Waals surface area contributed by atoms with E-state index < -0.39 is 0 Å². The zero-order valence-electron chi connectivity index (χ0n) is 20.1. The fourth-order valence-electron chi connectivity index (χ4n) is 5.97. The molecule has 1 aromatic carbocycles. The Morgan fingerprint density at radius 3 is 2.59 bits per heavy atom. The molecule has 0 aliphatic carbocycles. The van der Waals surface area contributed by atoms with Gasteiger partial charge in [-0.1, -0.05) is 0 Å². The lowest BCUT2D eigenvalue weighted by atomic mass is 9.70. The lowest BCUT2D eigenvalue weighted by Crippen LogP contribution is -2.44. The Balaban J connectivity index is 1.35. The fourth-order valence-corrected chi connectivity index (χ4v) is 5.97. The minimum atomic E-state index is 0.295. The summed E-state index contributed by atoms with van der Waals surface area (Å²) in [5.74, 6) is 2.54. The van der Waals surface area contributed by atoms with E-state index in [0.717, 1.165) is 37.8 Å². The van der Waals surface area contributed by atoms with E-state index in [9.17, 15) is 0 Å². The van der Waals surface area contributed by atoms with E-state index in [0.29, 0.717) is 17.4 Å². The van der Waals surface area contributed by atoms with Gasteiger partial charge in [-0.25, -0.2) is 0 Å². The summed E-state index contributed by atoms with van der Waals surface area (Å²) in [7, 11) is 5.96. The molecule has 4 heterocycles. The molecule has 3 aromatic rings. The smallest absolute Gasteiger partial charge is 0.137 e. The van der Waals surface area contributed by atoms with Crippen molar-refractivity contribution in [2.24, 2.45) is 19.5 Å². The largest absolute Gasteiger partial charge is 0.497 e. The molecule has 32 heavy (non-hydrogen) atoms. The lowest BCUT2D eigenvalue weighted by molar-refractivity contribution is 0.0868. The van der Waals surface area contributed by atoms with Gasteiger partial charge < -0.3 is 13.9 Å². The first-order valence-electron chi connectivity index (χ1n) is 11.8. The Morgan fingerprint density at radius 1 is 1.16 bits per heavy atom. The summed E-state index contributed by atoms with van der Waals surface area (Å²) >= 11 is 0. The van der Waals surface area contributed by atoms with Crippen molar-refractivity contribution in [1.82, 2.24) is 29.1 Å². The third-order valence-corrected chi connectivity index (χ3v) is 7.99. The van der Waals surface area contributed by atoms with Gasteiger partial charge in [-0.15, -0.1) is 10.2 Å². The SMILES string of the molecule is COc1ccc2c(c1)c(CN1CCC3(CC1)CN(C(C)C)CC3c1nncn1C)cn2C. The lowest BCUT2D eigenvalue weighted by Gasteiger charge is -2.42. The summed E-state index contributed by atoms with van der Waals surface area (Å²) in [6.07, 6.45) is 6.56. The van der Waals surface area contributed by atoms with Crippen molar-refractivity contribution in [2.75, 3.05) is 33.3 Å². The summed E-state index contributed by atoms with van der Waals surface area (Å²) in [5, 5.41) is 10.0. The average molecular weight is 437 g/mol. The zero-order chi connectivity index (χ0) is 22.5. The van der Waals surface area contributed by atoms with Crippen LogP contribution in [0.4, 0.5) is 0 Å². The van der Waals surface area contributed by atoms with Gasteiger partial charge in [-0.2, -0.15) is 0 Å². The molecular weight excluding hydrogens is 400 g/mol. The number of aromatic nitrogens is 4. The molecule has 1 atom stereocenters. The zero-order valence-corrected chi connectivity index (χ0v) is 20.1. The highest BCUT2D eigenvalue weighted by Gasteiger charge is 2.50. The minimum Gasteiger partial charge on any atom is -0.497 e. The molecule has 7 nitrogen and oxygen atoms in total. The molecule has 0 bridgehead atoms. The number of benzene rings is 1. The van der Waals surface area contributed by atoms with Gasteiger partial charge in [0.15, 0.2) is 0 Å². The number of hydrogen-bond donors (Lipinski definition) is 0. The Kier molecular flexibility index (Phi) is 5.50. The number of rotatable bonds is 5. The number of methoxy groups -OCH3 is 1. The first kappa shape index (κ1) is 21.5. The van der Waals surface area contributed by atoms with Crippen molar-refractivity contribution in [3.63, 3.8) is 0 Å². The van der Waals surface area contributed by atoms with Crippen molar-refractivity contribution in [3.8, 4) is 5.75 Å². The number of aryl methyl sites for hydroxylation is 2. The van der Waals surface area contributed by atoms with Crippen LogP contribution in [0.25, 0.3) is 10.9 Å². The van der Waals surface area contributed by atoms with E-state index in [2.05, 4.69) is 75.4 Å². The highest BCUT2D eigenvalue weighted by molar-refractivity contribution is 5.85. The first-order chi connectivity index (χ1) is 15.4. The summed E-state index contributed by atoms with van der Waals surface area (Å²) in [5.41, 5.74) is 2.95. The number of nitrogens with zero attached hydrogens (tertiary/aromatic N) is 6. The van der Waals surface area contributed by atoms with Crippen LogP contribution in [-0.2, 0) is 20.6 Å². The van der Waals surface area contributed by atoms with E-state index >= 15 is 0 Å². The second kappa shape index (κ2) is 8.19. The molecule has 7 heteroatoms. The van der Waals surface area contributed by atoms with Gasteiger partial charge in [0.25, 0.3) is 0 Å². The summed E-state index contributed by atoms with van der Waals surface area (Å²) in [6, 6.07) is 6.95. The van der Waals surface area contributed by atoms with Gasteiger partial charge in [0.2, 0.25) is 0 Å². The van der Waals surface area contributed by atoms with E-state index in [1.165, 1.54) is 35.9 Å². The maximum Gasteiger partial charge on any atom is 0.137 e. The topological polar surface area (TPSA) is 51.4 Å². The average Bonchev–Trinajstić information content (AvgIpc) is 3.46. The molecule has 2 aliphatic rings. The number of fused-ring (bicyclic) bond motifs is 1. The predicted octanol–water partition coefficient (Wildman–Crippen LogP) is 3.41. The van der Waals surface area contributed by atoms with Crippen LogP contribution in [0.1, 0.15) is 44.0 Å². The van der Waals surface area contributed by atoms with Gasteiger partial charge in [-0.05, 0) is 69.0 Å². The van der Waals surface area contributed by atoms with Crippen LogP contribution in [0, 0.1) is 5.41 Å². The number of piperidine rings is 1. The Hall–Kier alpha value is -2.38. The van der Waals surface area contributed by atoms with Gasteiger partial charge in [0, 0.05) is 62.8 Å². The molecule has 2 aromatic heterocycles. The number of hydrogen-bond acceptors (Lipinski definition) is 5. The standard InChI is InChI=1S/C25H36N6O/c1-18(2)31-15-22(24-27-26-17-29(24)4)25(16-31)8-10-30(11-9-25)14-19-13-28(3)23-7-6-20(32-5)12-21(19)23/h6-7,12-13,17-18,22H,8-11,14-16H2,1-5H3. The summed E-state index contributed by atoms with van der Waals surface area (Å²) < 4.78 is 9.85. The summed E-state index contributed by atoms with van der Waals surface area (Å²) in [4.78, 5) is 5.28. The molecule has 2 aliphatic heterocycles. The van der Waals surface area contributed by atoms with Gasteiger partial charge >= 0.3 is 0 Å². The molecule has 172 valence electrons. The molecule has 0 amide bonds. The molecule has 0 radical (unpaired) electrons. The van der Waals surface area contributed by atoms with Crippen LogP contribution in [-0.4, -0.2) is 68.5 Å². The summed E-state index contributed by atoms with van der Waals surface area (Å²) in [6.45, 7) is 10.1. The van der Waals surface area contributed by atoms with Crippen LogP contribution >= 0.6 is 0 Å². The van der Waals surface area contributed by atoms with Crippen molar-refractivity contribution in [1.29, 1.82) is 0 Å². The molecular formula is C25H36N6O. The van der Waals surface area contributed by atoms with Crippen LogP contribution < -0.4 is 4.74 Å². The highest BCUT2D eigenvalue weighted by atomic mass is 16.5. The van der Waals surface area contributed by atoms with Gasteiger partial charge in [0.05, 0.1) is 7.11 Å². The number of ether oxygens (including phenoxy) is 1. The number of likely N-dealkylation sites (tertiary alicyclic amines) is 2. The maximum atomic E-state index is 5.49. The van der Waals surface area contributed by atoms with E-state index in [4.69, 9.17) is 4.74 Å². The van der Waals surface area contributed by atoms with Crippen molar-refractivity contribution in [3.05, 3.63) is 42.1 Å². The third kappa shape index (κ3) is 3.61. The van der Waals surface area contributed by atoms with Crippen LogP contribution in [0.2, 0.25) is 0 Å². The minimum absolute atomic E-state index is 0.295. The predicted molar refractivity (Wildman–Crippen MR) is 127 cm³/mol. The molecule has 0 N–H and O–H groups in total. The van der Waals surface area contributed by atoms with E-state index in [-0.39, 0.29) is 0 Å². The molecule has 1 unspecified atom stereocenters. The second-order valence-corrected chi connectivity index (χ2v) is 10.2. The highest BCUT2D eigenvalue weighted by Crippen LogP contribution is 2.49. The molecule has 2 saturated heterocycles. The Morgan fingerprint density at radius 2 is 1.94 bits per heavy atom.